The summed E-state index contributed by atoms with van der Waals surface area (Å²) in [6.45, 7) is 6.20. The summed E-state index contributed by atoms with van der Waals surface area (Å²) < 4.78 is 32.8. The highest BCUT2D eigenvalue weighted by Gasteiger charge is 2.26. The second kappa shape index (κ2) is 14.9. The fraction of sp³-hybridized carbons (Fsp3) is 0.324. The average Bonchev–Trinajstić information content (AvgIpc) is 3.46. The van der Waals surface area contributed by atoms with E-state index in [1.165, 1.54) is 23.3 Å². The molecular formula is C37H38ClF2N3O4. The van der Waals surface area contributed by atoms with Gasteiger partial charge >= 0.3 is 0 Å². The number of hydrogen-bond acceptors (Lipinski definition) is 5. The Bertz CT molecular complexity index is 1800. The van der Waals surface area contributed by atoms with E-state index < -0.39 is 17.3 Å². The Kier molecular flexibility index (Phi) is 10.8. The van der Waals surface area contributed by atoms with E-state index in [1.54, 1.807) is 0 Å². The van der Waals surface area contributed by atoms with Crippen molar-refractivity contribution in [3.63, 3.8) is 0 Å². The van der Waals surface area contributed by atoms with Crippen LogP contribution in [0.1, 0.15) is 59.9 Å². The third kappa shape index (κ3) is 8.86. The lowest BCUT2D eigenvalue weighted by Gasteiger charge is -2.33. The lowest BCUT2D eigenvalue weighted by molar-refractivity contribution is -0.128. The molecule has 7 nitrogen and oxygen atoms in total. The number of carbonyl (C=O) groups excluding carboxylic acids is 2. The number of amides is 2. The quantitative estimate of drug-likeness (QED) is 0.206. The number of alkyl halides is 2. The lowest BCUT2D eigenvalue weighted by atomic mass is 10.0. The summed E-state index contributed by atoms with van der Waals surface area (Å²) >= 11 is 5.61. The van der Waals surface area contributed by atoms with Crippen molar-refractivity contribution in [3.05, 3.63) is 122 Å². The van der Waals surface area contributed by atoms with Gasteiger partial charge in [-0.15, -0.1) is 0 Å². The molecule has 2 saturated heterocycles. The van der Waals surface area contributed by atoms with Gasteiger partial charge in [0.15, 0.2) is 11.2 Å². The van der Waals surface area contributed by atoms with E-state index in [2.05, 4.69) is 22.3 Å². The minimum atomic E-state index is -3.09. The Balaban J connectivity index is 0.000000474. The summed E-state index contributed by atoms with van der Waals surface area (Å²) in [6.07, 6.45) is 5.23. The van der Waals surface area contributed by atoms with E-state index in [0.717, 1.165) is 74.2 Å². The highest BCUT2D eigenvalue weighted by atomic mass is 35.5. The molecule has 2 aliphatic heterocycles. The van der Waals surface area contributed by atoms with Crippen molar-refractivity contribution in [1.29, 1.82) is 0 Å². The predicted octanol–water partition coefficient (Wildman–Crippen LogP) is 7.63. The van der Waals surface area contributed by atoms with E-state index in [0.29, 0.717) is 13.0 Å². The lowest BCUT2D eigenvalue weighted by Crippen LogP contribution is -2.33. The van der Waals surface area contributed by atoms with Gasteiger partial charge in [0.05, 0.1) is 5.39 Å². The average molecular weight is 662 g/mol. The molecule has 4 aromatic rings. The molecule has 47 heavy (non-hydrogen) atoms. The molecule has 0 unspecified atom stereocenters. The highest BCUT2D eigenvalue weighted by molar-refractivity contribution is 6.30. The fourth-order valence-corrected chi connectivity index (χ4v) is 5.84. The van der Waals surface area contributed by atoms with Crippen LogP contribution in [0.25, 0.3) is 11.0 Å². The topological polar surface area (TPSA) is 82.9 Å². The number of likely N-dealkylation sites (tertiary alicyclic amines) is 1. The van der Waals surface area contributed by atoms with Gasteiger partial charge in [0.2, 0.25) is 5.91 Å². The van der Waals surface area contributed by atoms with Crippen molar-refractivity contribution >= 4 is 40.1 Å². The number of piperidine rings is 1. The second-order valence-electron chi connectivity index (χ2n) is 12.0. The molecule has 1 aromatic heterocycles. The van der Waals surface area contributed by atoms with Crippen LogP contribution >= 0.6 is 11.6 Å². The Morgan fingerprint density at radius 2 is 1.70 bits per heavy atom. The molecule has 0 spiro atoms. The van der Waals surface area contributed by atoms with Crippen LogP contribution in [0.4, 0.5) is 14.5 Å². The number of benzene rings is 3. The zero-order chi connectivity index (χ0) is 33.6. The van der Waals surface area contributed by atoms with Gasteiger partial charge in [-0.25, -0.2) is 8.78 Å². The first kappa shape index (κ1) is 33.9. The van der Waals surface area contributed by atoms with Crippen LogP contribution in [-0.2, 0) is 17.3 Å². The minimum Gasteiger partial charge on any atom is -0.451 e. The molecule has 3 heterocycles. The van der Waals surface area contributed by atoms with E-state index in [9.17, 15) is 23.2 Å². The van der Waals surface area contributed by atoms with Gasteiger partial charge in [-0.1, -0.05) is 59.1 Å². The maximum absolute atomic E-state index is 13.6. The van der Waals surface area contributed by atoms with Crippen molar-refractivity contribution in [2.45, 2.75) is 52.0 Å². The molecule has 10 heteroatoms. The summed E-state index contributed by atoms with van der Waals surface area (Å²) in [5, 5.41) is 3.56. The number of anilines is 1. The van der Waals surface area contributed by atoms with Gasteiger partial charge in [-0.05, 0) is 68.1 Å². The van der Waals surface area contributed by atoms with Crippen LogP contribution in [0.5, 0.6) is 0 Å². The van der Waals surface area contributed by atoms with Gasteiger partial charge in [0.1, 0.15) is 5.58 Å². The van der Waals surface area contributed by atoms with Gasteiger partial charge < -0.3 is 19.5 Å². The summed E-state index contributed by atoms with van der Waals surface area (Å²) in [7, 11) is 0. The van der Waals surface area contributed by atoms with Crippen LogP contribution in [0.3, 0.4) is 0 Å². The van der Waals surface area contributed by atoms with Gasteiger partial charge in [-0.3, -0.25) is 14.4 Å². The summed E-state index contributed by atoms with van der Waals surface area (Å²) in [6, 6.07) is 20.6. The first-order valence-electron chi connectivity index (χ1n) is 15.7. The molecule has 2 aliphatic rings. The highest BCUT2D eigenvalue weighted by Crippen LogP contribution is 2.30. The standard InChI is InChI=1S/C30H31F2N3O4.C7H7Cl/c1-30(31,32)22-8-9-26-23(17-22)25(36)18-27(39-26)29(38)33-13-10-20-11-15-34(16-12-20)24-6-3-2-5-21(24)19-35-14-4-7-28(35)37;1-6-2-4-7(8)5-3-6/h2-3,5-6,8-10,17-18H,4,7,11-16,19H2,1H3,(H,33,38);2-5H,1H3. The molecule has 2 amide bonds. The number of carbonyl (C=O) groups is 2. The van der Waals surface area contributed by atoms with Crippen LogP contribution in [0.15, 0.2) is 93.7 Å². The van der Waals surface area contributed by atoms with Crippen LogP contribution < -0.4 is 15.6 Å². The number of fused-ring (bicyclic) bond motifs is 1. The van der Waals surface area contributed by atoms with E-state index >= 15 is 0 Å². The Morgan fingerprint density at radius 3 is 2.36 bits per heavy atom. The van der Waals surface area contributed by atoms with Crippen molar-refractivity contribution < 1.29 is 22.8 Å². The molecule has 2 fully saturated rings. The molecule has 1 N–H and O–H groups in total. The van der Waals surface area contributed by atoms with Crippen LogP contribution in [0.2, 0.25) is 5.02 Å². The molecule has 0 radical (unpaired) electrons. The number of rotatable bonds is 7. The molecule has 0 saturated carbocycles. The molecule has 6 rings (SSSR count). The number of nitrogens with zero attached hydrogens (tertiary/aromatic N) is 2. The Labute approximate surface area is 277 Å². The molecule has 0 atom stereocenters. The van der Waals surface area contributed by atoms with Crippen molar-refractivity contribution in [1.82, 2.24) is 10.2 Å². The number of aryl methyl sites for hydroxylation is 1. The largest absolute Gasteiger partial charge is 0.451 e. The maximum Gasteiger partial charge on any atom is 0.287 e. The van der Waals surface area contributed by atoms with Crippen molar-refractivity contribution in [2.24, 2.45) is 0 Å². The number of hydrogen-bond donors (Lipinski definition) is 1. The number of halogens is 3. The molecule has 3 aromatic carbocycles. The van der Waals surface area contributed by atoms with Crippen LogP contribution in [-0.4, -0.2) is 42.9 Å². The minimum absolute atomic E-state index is 0.00746. The van der Waals surface area contributed by atoms with Crippen molar-refractivity contribution in [2.75, 3.05) is 31.1 Å². The molecular weight excluding hydrogens is 624 g/mol. The SMILES string of the molecule is CC(F)(F)c1ccc2oc(C(=O)NCC=C3CCN(c4ccccc4CN4CCCC4=O)CC3)cc(=O)c2c1.Cc1ccc(Cl)cc1. The fourth-order valence-electron chi connectivity index (χ4n) is 5.72. The monoisotopic (exact) mass is 661 g/mol. The number of nitrogens with one attached hydrogen (secondary N) is 1. The summed E-state index contributed by atoms with van der Waals surface area (Å²) in [5.41, 5.74) is 4.03. The van der Waals surface area contributed by atoms with Gasteiger partial charge in [-0.2, -0.15) is 0 Å². The van der Waals surface area contributed by atoms with Crippen LogP contribution in [0, 0.1) is 6.92 Å². The second-order valence-corrected chi connectivity index (χ2v) is 12.4. The van der Waals surface area contributed by atoms with Gasteiger partial charge in [0, 0.05) is 68.4 Å². The third-order valence-electron chi connectivity index (χ3n) is 8.39. The summed E-state index contributed by atoms with van der Waals surface area (Å²) in [5.74, 6) is -3.57. The smallest absolute Gasteiger partial charge is 0.287 e. The Hall–Kier alpha value is -4.50. The third-order valence-corrected chi connectivity index (χ3v) is 8.64. The first-order valence-corrected chi connectivity index (χ1v) is 16.1. The zero-order valence-electron chi connectivity index (χ0n) is 26.5. The normalized spacial score (nSPS) is 15.0. The number of para-hydroxylation sites is 1. The Morgan fingerprint density at radius 1 is 0.979 bits per heavy atom. The molecule has 246 valence electrons. The van der Waals surface area contributed by atoms with Gasteiger partial charge in [0.25, 0.3) is 11.8 Å². The zero-order valence-corrected chi connectivity index (χ0v) is 27.3. The van der Waals surface area contributed by atoms with Crippen molar-refractivity contribution in [3.8, 4) is 0 Å². The predicted molar refractivity (Wildman–Crippen MR) is 181 cm³/mol. The maximum atomic E-state index is 13.6. The van der Waals surface area contributed by atoms with E-state index in [1.807, 2.05) is 54.3 Å². The van der Waals surface area contributed by atoms with E-state index in [4.69, 9.17) is 16.0 Å². The summed E-state index contributed by atoms with van der Waals surface area (Å²) in [4.78, 5) is 41.5. The molecule has 0 bridgehead atoms. The van der Waals surface area contributed by atoms with E-state index in [-0.39, 0.29) is 34.7 Å². The molecule has 0 aliphatic carbocycles. The first-order chi connectivity index (χ1) is 22.5.